The Morgan fingerprint density at radius 1 is 1.33 bits per heavy atom. The van der Waals surface area contributed by atoms with Gasteiger partial charge in [0.2, 0.25) is 0 Å². The first-order chi connectivity index (χ1) is 9.53. The van der Waals surface area contributed by atoms with Gasteiger partial charge in [0.05, 0.1) is 0 Å². The molecule has 1 amide bonds. The topological polar surface area (TPSA) is 62.1 Å². The Kier molecular flexibility index (Phi) is 5.46. The van der Waals surface area contributed by atoms with Gasteiger partial charge in [0.1, 0.15) is 0 Å². The van der Waals surface area contributed by atoms with E-state index in [1.165, 1.54) is 4.40 Å². The fourth-order valence-corrected chi connectivity index (χ4v) is 5.60. The zero-order valence-electron chi connectivity index (χ0n) is 13.7. The number of rotatable bonds is 3. The summed E-state index contributed by atoms with van der Waals surface area (Å²) in [5.74, 6) is 6.87. The molecule has 0 aliphatic heterocycles. The molecule has 114 valence electrons. The summed E-state index contributed by atoms with van der Waals surface area (Å²) in [6.07, 6.45) is -0.433. The Morgan fingerprint density at radius 2 is 1.95 bits per heavy atom. The molecule has 0 spiro atoms. The zero-order chi connectivity index (χ0) is 16.3. The van der Waals surface area contributed by atoms with Crippen LogP contribution >= 0.6 is 0 Å². The molecule has 5 heteroatoms. The second-order valence-electron chi connectivity index (χ2n) is 7.09. The van der Waals surface area contributed by atoms with Crippen LogP contribution in [0.1, 0.15) is 31.9 Å². The van der Waals surface area contributed by atoms with Gasteiger partial charge in [0, 0.05) is 0 Å². The van der Waals surface area contributed by atoms with E-state index in [1.54, 1.807) is 0 Å². The van der Waals surface area contributed by atoms with Crippen LogP contribution in [-0.2, 0) is 11.3 Å². The molecule has 0 aliphatic carbocycles. The SMILES string of the molecule is CC(C)(C)OC(=O)NCc1cc(C#N)cc[c]1[Ge]([CH3])([CH3])[CH3]. The van der Waals surface area contributed by atoms with E-state index >= 15 is 0 Å². The molecule has 0 saturated heterocycles. The molecule has 0 radical (unpaired) electrons. The molecule has 1 aromatic rings. The Morgan fingerprint density at radius 3 is 2.43 bits per heavy atom. The molecule has 21 heavy (non-hydrogen) atoms. The molecule has 0 saturated carbocycles. The van der Waals surface area contributed by atoms with Crippen LogP contribution < -0.4 is 9.71 Å². The van der Waals surface area contributed by atoms with Crippen molar-refractivity contribution in [3.05, 3.63) is 29.3 Å². The van der Waals surface area contributed by atoms with Crippen LogP contribution in [-0.4, -0.2) is 25.0 Å². The standard InChI is InChI=1S/C16H24GeN2O2/c1-16(2,3)21-15(20)19-11-13-9-12(10-18)7-8-14(13)17(4,5)6/h7-9H,11H2,1-6H3,(H,19,20). The normalized spacial score (nSPS) is 11.7. The number of nitrogens with zero attached hydrogens (tertiary/aromatic N) is 1. The average Bonchev–Trinajstić information content (AvgIpc) is 2.32. The molecule has 0 bridgehead atoms. The van der Waals surface area contributed by atoms with Gasteiger partial charge < -0.3 is 0 Å². The minimum atomic E-state index is -2.05. The van der Waals surface area contributed by atoms with Crippen molar-refractivity contribution in [3.63, 3.8) is 0 Å². The predicted octanol–water partition coefficient (Wildman–Crippen LogP) is 3.13. The van der Waals surface area contributed by atoms with Gasteiger partial charge in [-0.1, -0.05) is 0 Å². The molecule has 1 aromatic carbocycles. The van der Waals surface area contributed by atoms with Gasteiger partial charge in [0.25, 0.3) is 0 Å². The van der Waals surface area contributed by atoms with E-state index in [0.717, 1.165) is 5.56 Å². The molecular formula is C16H24GeN2O2. The second kappa shape index (κ2) is 6.53. The van der Waals surface area contributed by atoms with E-state index in [1.807, 2.05) is 39.0 Å². The van der Waals surface area contributed by atoms with Crippen molar-refractivity contribution in [3.8, 4) is 6.07 Å². The van der Waals surface area contributed by atoms with E-state index in [0.29, 0.717) is 12.1 Å². The van der Waals surface area contributed by atoms with E-state index in [-0.39, 0.29) is 0 Å². The number of amides is 1. The van der Waals surface area contributed by atoms with Crippen molar-refractivity contribution >= 4 is 23.8 Å². The number of carbonyl (C=O) groups is 1. The molecule has 1 rings (SSSR count). The number of nitrogens with one attached hydrogen (secondary N) is 1. The Hall–Kier alpha value is -1.48. The van der Waals surface area contributed by atoms with Crippen LogP contribution in [0.2, 0.25) is 17.3 Å². The summed E-state index contributed by atoms with van der Waals surface area (Å²) in [7, 11) is 0. The number of benzene rings is 1. The molecule has 1 N–H and O–H groups in total. The molecule has 0 fully saturated rings. The van der Waals surface area contributed by atoms with Crippen LogP contribution in [0.3, 0.4) is 0 Å². The van der Waals surface area contributed by atoms with Crippen molar-refractivity contribution in [2.75, 3.05) is 0 Å². The van der Waals surface area contributed by atoms with Crippen LogP contribution in [0.25, 0.3) is 0 Å². The summed E-state index contributed by atoms with van der Waals surface area (Å²) in [5, 5.41) is 11.8. The third kappa shape index (κ3) is 5.80. The fraction of sp³-hybridized carbons (Fsp3) is 0.500. The first-order valence-electron chi connectivity index (χ1n) is 7.03. The number of hydrogen-bond acceptors (Lipinski definition) is 3. The molecule has 0 heterocycles. The average molecular weight is 349 g/mol. The Labute approximate surface area is 129 Å². The summed E-state index contributed by atoms with van der Waals surface area (Å²) in [5.41, 5.74) is 1.13. The monoisotopic (exact) mass is 350 g/mol. The minimum absolute atomic E-state index is 0.391. The molecule has 4 nitrogen and oxygen atoms in total. The van der Waals surface area contributed by atoms with Gasteiger partial charge >= 0.3 is 129 Å². The number of nitriles is 1. The Balaban J connectivity index is 2.92. The molecule has 0 atom stereocenters. The van der Waals surface area contributed by atoms with Gasteiger partial charge in [-0.2, -0.15) is 0 Å². The Bertz CT molecular complexity index is 563. The second-order valence-corrected chi connectivity index (χ2v) is 17.7. The third-order valence-corrected chi connectivity index (χ3v) is 7.28. The van der Waals surface area contributed by atoms with Crippen LogP contribution in [0.5, 0.6) is 0 Å². The van der Waals surface area contributed by atoms with Crippen molar-refractivity contribution in [2.45, 2.75) is 50.2 Å². The summed E-state index contributed by atoms with van der Waals surface area (Å²) in [6.45, 7) is 5.89. The number of hydrogen-bond donors (Lipinski definition) is 1. The summed E-state index contributed by atoms with van der Waals surface area (Å²) in [6, 6.07) is 7.90. The van der Waals surface area contributed by atoms with Crippen LogP contribution in [0.15, 0.2) is 18.2 Å². The maximum absolute atomic E-state index is 11.8. The van der Waals surface area contributed by atoms with Gasteiger partial charge in [-0.3, -0.25) is 0 Å². The van der Waals surface area contributed by atoms with Crippen molar-refractivity contribution in [1.29, 1.82) is 5.26 Å². The fourth-order valence-electron chi connectivity index (χ4n) is 2.02. The van der Waals surface area contributed by atoms with Gasteiger partial charge in [-0.05, 0) is 0 Å². The zero-order valence-corrected chi connectivity index (χ0v) is 15.8. The van der Waals surface area contributed by atoms with E-state index in [9.17, 15) is 4.79 Å². The van der Waals surface area contributed by atoms with Gasteiger partial charge in [0.15, 0.2) is 0 Å². The van der Waals surface area contributed by atoms with E-state index in [2.05, 4.69) is 28.7 Å². The maximum atomic E-state index is 11.8. The summed E-state index contributed by atoms with van der Waals surface area (Å²) in [4.78, 5) is 11.8. The van der Waals surface area contributed by atoms with Crippen LogP contribution in [0.4, 0.5) is 4.79 Å². The first kappa shape index (κ1) is 17.6. The van der Waals surface area contributed by atoms with E-state index < -0.39 is 25.0 Å². The quantitative estimate of drug-likeness (QED) is 0.853. The number of carbonyl (C=O) groups excluding carboxylic acids is 1. The first-order valence-corrected chi connectivity index (χ1v) is 14.4. The molecule has 0 aromatic heterocycles. The predicted molar refractivity (Wildman–Crippen MR) is 87.2 cm³/mol. The van der Waals surface area contributed by atoms with Crippen molar-refractivity contribution < 1.29 is 9.53 Å². The molecule has 0 unspecified atom stereocenters. The number of alkyl carbamates (subject to hydrolysis) is 1. The molecular weight excluding hydrogens is 325 g/mol. The summed E-state index contributed by atoms with van der Waals surface area (Å²) >= 11 is -2.05. The van der Waals surface area contributed by atoms with Crippen molar-refractivity contribution in [1.82, 2.24) is 5.32 Å². The third-order valence-electron chi connectivity index (χ3n) is 2.86. The summed E-state index contributed by atoms with van der Waals surface area (Å²) < 4.78 is 6.54. The van der Waals surface area contributed by atoms with Gasteiger partial charge in [-0.25, -0.2) is 0 Å². The number of ether oxygens (including phenoxy) is 1. The van der Waals surface area contributed by atoms with Crippen molar-refractivity contribution in [2.24, 2.45) is 0 Å². The van der Waals surface area contributed by atoms with Gasteiger partial charge in [-0.15, -0.1) is 0 Å². The molecule has 0 aliphatic rings. The van der Waals surface area contributed by atoms with E-state index in [4.69, 9.17) is 10.00 Å². The van der Waals surface area contributed by atoms with Crippen LogP contribution in [0, 0.1) is 11.3 Å².